The minimum Gasteiger partial charge on any atom is -0.469 e. The highest BCUT2D eigenvalue weighted by Gasteiger charge is 2.62. The summed E-state index contributed by atoms with van der Waals surface area (Å²) in [5.74, 6) is 0.381. The predicted octanol–water partition coefficient (Wildman–Crippen LogP) is 3.15. The SMILES string of the molecule is COC(=O)CC1(C)CC[C@@H]2C(C)(C)[C@@H](O)CC[C@@]21C. The molecule has 3 nitrogen and oxygen atoms in total. The van der Waals surface area contributed by atoms with Gasteiger partial charge < -0.3 is 9.84 Å². The van der Waals surface area contributed by atoms with Crippen molar-refractivity contribution in [2.75, 3.05) is 7.11 Å². The molecule has 1 unspecified atom stereocenters. The summed E-state index contributed by atoms with van der Waals surface area (Å²) < 4.78 is 4.89. The molecule has 4 atom stereocenters. The Morgan fingerprint density at radius 1 is 1.21 bits per heavy atom. The van der Waals surface area contributed by atoms with Gasteiger partial charge in [0.1, 0.15) is 0 Å². The first kappa shape index (κ1) is 14.8. The topological polar surface area (TPSA) is 46.5 Å². The van der Waals surface area contributed by atoms with E-state index in [1.807, 2.05) is 0 Å². The molecule has 0 aromatic carbocycles. The fraction of sp³-hybridized carbons (Fsp3) is 0.938. The molecule has 1 N–H and O–H groups in total. The lowest BCUT2D eigenvalue weighted by Crippen LogP contribution is -2.52. The van der Waals surface area contributed by atoms with E-state index in [0.29, 0.717) is 12.3 Å². The standard InChI is InChI=1S/C16H28O3/c1-14(2)11-6-8-15(3,10-13(18)19-5)16(11,4)9-7-12(14)17/h11-12,17H,6-10H2,1-5H3/t11-,12+,15?,16+/m1/s1. The highest BCUT2D eigenvalue weighted by atomic mass is 16.5. The molecule has 0 aromatic rings. The van der Waals surface area contributed by atoms with Crippen molar-refractivity contribution in [3.63, 3.8) is 0 Å². The molecule has 2 saturated carbocycles. The molecule has 0 radical (unpaired) electrons. The number of esters is 1. The second kappa shape index (κ2) is 4.47. The van der Waals surface area contributed by atoms with Gasteiger partial charge in [-0.2, -0.15) is 0 Å². The van der Waals surface area contributed by atoms with Gasteiger partial charge in [-0.25, -0.2) is 0 Å². The number of fused-ring (bicyclic) bond motifs is 1. The number of hydrogen-bond acceptors (Lipinski definition) is 3. The molecule has 0 saturated heterocycles. The van der Waals surface area contributed by atoms with Crippen molar-refractivity contribution in [2.45, 2.75) is 65.9 Å². The van der Waals surface area contributed by atoms with Gasteiger partial charge in [-0.1, -0.05) is 27.7 Å². The Balaban J connectivity index is 2.31. The summed E-state index contributed by atoms with van der Waals surface area (Å²) in [5.41, 5.74) is 0.0764. The molecule has 0 amide bonds. The lowest BCUT2D eigenvalue weighted by molar-refractivity contribution is -0.150. The molecular weight excluding hydrogens is 240 g/mol. The highest BCUT2D eigenvalue weighted by molar-refractivity contribution is 5.70. The van der Waals surface area contributed by atoms with Crippen LogP contribution in [0.1, 0.15) is 59.8 Å². The maximum Gasteiger partial charge on any atom is 0.306 e. The molecule has 0 spiro atoms. The summed E-state index contributed by atoms with van der Waals surface area (Å²) in [5, 5.41) is 10.3. The van der Waals surface area contributed by atoms with Crippen molar-refractivity contribution in [2.24, 2.45) is 22.2 Å². The molecule has 2 aliphatic rings. The van der Waals surface area contributed by atoms with Crippen LogP contribution in [0.4, 0.5) is 0 Å². The van der Waals surface area contributed by atoms with E-state index in [0.717, 1.165) is 25.7 Å². The average Bonchev–Trinajstić information content (AvgIpc) is 2.59. The smallest absolute Gasteiger partial charge is 0.306 e. The summed E-state index contributed by atoms with van der Waals surface area (Å²) in [6.45, 7) is 8.92. The van der Waals surface area contributed by atoms with Gasteiger partial charge in [0.2, 0.25) is 0 Å². The van der Waals surface area contributed by atoms with Crippen molar-refractivity contribution >= 4 is 5.97 Å². The first-order valence-electron chi connectivity index (χ1n) is 7.42. The minimum atomic E-state index is -0.217. The molecule has 2 aliphatic carbocycles. The van der Waals surface area contributed by atoms with Crippen LogP contribution in [0.25, 0.3) is 0 Å². The minimum absolute atomic E-state index is 0.00215. The van der Waals surface area contributed by atoms with Crippen LogP contribution in [0, 0.1) is 22.2 Å². The first-order valence-corrected chi connectivity index (χ1v) is 7.42. The Morgan fingerprint density at radius 3 is 2.42 bits per heavy atom. The molecule has 0 heterocycles. The lowest BCUT2D eigenvalue weighted by atomic mass is 9.51. The van der Waals surface area contributed by atoms with E-state index < -0.39 is 0 Å². The number of ether oxygens (including phenoxy) is 1. The van der Waals surface area contributed by atoms with Gasteiger partial charge in [-0.3, -0.25) is 4.79 Å². The molecule has 110 valence electrons. The van der Waals surface area contributed by atoms with Crippen LogP contribution in [-0.4, -0.2) is 24.3 Å². The molecule has 0 aromatic heterocycles. The number of carbonyl (C=O) groups is 1. The summed E-state index contributed by atoms with van der Waals surface area (Å²) in [7, 11) is 1.47. The molecular formula is C16H28O3. The van der Waals surface area contributed by atoms with Crippen LogP contribution in [0.2, 0.25) is 0 Å². The van der Waals surface area contributed by atoms with Crippen molar-refractivity contribution in [1.29, 1.82) is 0 Å². The van der Waals surface area contributed by atoms with Crippen LogP contribution in [0.15, 0.2) is 0 Å². The average molecular weight is 268 g/mol. The predicted molar refractivity (Wildman–Crippen MR) is 74.6 cm³/mol. The molecule has 2 rings (SSSR count). The normalized spacial score (nSPS) is 44.7. The quantitative estimate of drug-likeness (QED) is 0.783. The summed E-state index contributed by atoms with van der Waals surface area (Å²) >= 11 is 0. The zero-order valence-electron chi connectivity index (χ0n) is 13.0. The highest BCUT2D eigenvalue weighted by Crippen LogP contribution is 2.67. The third-order valence-corrected chi connectivity index (χ3v) is 6.59. The molecule has 3 heteroatoms. The molecule has 2 fully saturated rings. The zero-order chi connectivity index (χ0) is 14.5. The maximum atomic E-state index is 11.7. The molecule has 0 aliphatic heterocycles. The monoisotopic (exact) mass is 268 g/mol. The Labute approximate surface area is 116 Å². The van der Waals surface area contributed by atoms with Crippen LogP contribution in [0.5, 0.6) is 0 Å². The Kier molecular flexibility index (Phi) is 3.49. The van der Waals surface area contributed by atoms with Gasteiger partial charge in [0, 0.05) is 0 Å². The van der Waals surface area contributed by atoms with Gasteiger partial charge in [-0.05, 0) is 47.8 Å². The summed E-state index contributed by atoms with van der Waals surface area (Å²) in [6, 6.07) is 0. The van der Waals surface area contributed by atoms with E-state index in [9.17, 15) is 9.90 Å². The fourth-order valence-electron chi connectivity index (χ4n) is 4.88. The van der Waals surface area contributed by atoms with E-state index in [-0.39, 0.29) is 28.3 Å². The largest absolute Gasteiger partial charge is 0.469 e. The van der Waals surface area contributed by atoms with Gasteiger partial charge in [0.25, 0.3) is 0 Å². The van der Waals surface area contributed by atoms with Crippen LogP contribution >= 0.6 is 0 Å². The number of carbonyl (C=O) groups excluding carboxylic acids is 1. The van der Waals surface area contributed by atoms with Crippen molar-refractivity contribution in [1.82, 2.24) is 0 Å². The van der Waals surface area contributed by atoms with E-state index in [4.69, 9.17) is 4.74 Å². The molecule has 19 heavy (non-hydrogen) atoms. The molecule has 0 bridgehead atoms. The van der Waals surface area contributed by atoms with Gasteiger partial charge in [0.05, 0.1) is 19.6 Å². The number of hydrogen-bond donors (Lipinski definition) is 1. The third kappa shape index (κ3) is 2.01. The second-order valence-corrected chi connectivity index (χ2v) is 7.70. The van der Waals surface area contributed by atoms with Crippen molar-refractivity contribution < 1.29 is 14.6 Å². The lowest BCUT2D eigenvalue weighted by Gasteiger charge is -2.55. The second-order valence-electron chi connectivity index (χ2n) is 7.70. The zero-order valence-corrected chi connectivity index (χ0v) is 13.0. The summed E-state index contributed by atoms with van der Waals surface area (Å²) in [4.78, 5) is 11.7. The Hall–Kier alpha value is -0.570. The van der Waals surface area contributed by atoms with Crippen LogP contribution in [0.3, 0.4) is 0 Å². The third-order valence-electron chi connectivity index (χ3n) is 6.59. The summed E-state index contributed by atoms with van der Waals surface area (Å²) in [6.07, 6.45) is 4.30. The van der Waals surface area contributed by atoms with Gasteiger partial charge in [0.15, 0.2) is 0 Å². The number of aliphatic hydroxyl groups excluding tert-OH is 1. The Morgan fingerprint density at radius 2 is 1.84 bits per heavy atom. The maximum absolute atomic E-state index is 11.7. The van der Waals surface area contributed by atoms with E-state index in [1.54, 1.807) is 0 Å². The van der Waals surface area contributed by atoms with Crippen molar-refractivity contribution in [3.05, 3.63) is 0 Å². The fourth-order valence-corrected chi connectivity index (χ4v) is 4.88. The van der Waals surface area contributed by atoms with E-state index in [1.165, 1.54) is 7.11 Å². The number of methoxy groups -OCH3 is 1. The van der Waals surface area contributed by atoms with Gasteiger partial charge in [-0.15, -0.1) is 0 Å². The van der Waals surface area contributed by atoms with Crippen LogP contribution in [-0.2, 0) is 9.53 Å². The van der Waals surface area contributed by atoms with Crippen molar-refractivity contribution in [3.8, 4) is 0 Å². The Bertz CT molecular complexity index is 376. The van der Waals surface area contributed by atoms with Gasteiger partial charge >= 0.3 is 5.97 Å². The van der Waals surface area contributed by atoms with E-state index in [2.05, 4.69) is 27.7 Å². The van der Waals surface area contributed by atoms with Crippen LogP contribution < -0.4 is 0 Å². The first-order chi connectivity index (χ1) is 8.67. The number of rotatable bonds is 2. The number of aliphatic hydroxyl groups is 1. The van der Waals surface area contributed by atoms with E-state index >= 15 is 0 Å².